The van der Waals surface area contributed by atoms with Crippen LogP contribution in [0, 0.1) is 0 Å². The predicted octanol–water partition coefficient (Wildman–Crippen LogP) is 0.582. The molecular weight excluding hydrogens is 184 g/mol. The van der Waals surface area contributed by atoms with Gasteiger partial charge in [0.1, 0.15) is 0 Å². The van der Waals surface area contributed by atoms with Gasteiger partial charge in [0.15, 0.2) is 5.11 Å². The van der Waals surface area contributed by atoms with Crippen molar-refractivity contribution in [3.63, 3.8) is 0 Å². The fraction of sp³-hybridized carbons (Fsp3) is 0.750. The lowest BCUT2D eigenvalue weighted by Gasteiger charge is -2.21. The van der Waals surface area contributed by atoms with Crippen molar-refractivity contribution in [1.82, 2.24) is 10.7 Å². The Kier molecular flexibility index (Phi) is 4.87. The van der Waals surface area contributed by atoms with Crippen LogP contribution in [0.25, 0.3) is 0 Å². The molecule has 0 aliphatic rings. The number of thiocarbonyl (C=S) groups is 1. The zero-order valence-corrected chi connectivity index (χ0v) is 9.40. The molecule has 4 nitrogen and oxygen atoms in total. The SMILES string of the molecule is CC(N)C=NNC(=S)NC(C)(C)C. The molecule has 0 fully saturated rings. The summed E-state index contributed by atoms with van der Waals surface area (Å²) in [6.45, 7) is 7.91. The Bertz CT molecular complexity index is 193. The van der Waals surface area contributed by atoms with Crippen LogP contribution in [0.4, 0.5) is 0 Å². The number of hydrogen-bond donors (Lipinski definition) is 3. The van der Waals surface area contributed by atoms with Crippen LogP contribution in [-0.4, -0.2) is 22.9 Å². The van der Waals surface area contributed by atoms with E-state index in [0.717, 1.165) is 0 Å². The van der Waals surface area contributed by atoms with Crippen molar-refractivity contribution in [1.29, 1.82) is 0 Å². The summed E-state index contributed by atoms with van der Waals surface area (Å²) in [6, 6.07) is -0.0649. The second-order valence-electron chi connectivity index (χ2n) is 3.95. The van der Waals surface area contributed by atoms with Gasteiger partial charge in [-0.25, -0.2) is 0 Å². The maximum atomic E-state index is 5.45. The highest BCUT2D eigenvalue weighted by Gasteiger charge is 2.09. The molecule has 13 heavy (non-hydrogen) atoms. The smallest absolute Gasteiger partial charge is 0.187 e. The van der Waals surface area contributed by atoms with Crippen LogP contribution in [-0.2, 0) is 0 Å². The van der Waals surface area contributed by atoms with E-state index in [9.17, 15) is 0 Å². The predicted molar refractivity (Wildman–Crippen MR) is 60.8 cm³/mol. The van der Waals surface area contributed by atoms with Gasteiger partial charge in [0.2, 0.25) is 0 Å². The van der Waals surface area contributed by atoms with Gasteiger partial charge in [-0.15, -0.1) is 0 Å². The minimum Gasteiger partial charge on any atom is -0.357 e. The van der Waals surface area contributed by atoms with Crippen LogP contribution < -0.4 is 16.5 Å². The molecule has 0 saturated carbocycles. The Balaban J connectivity index is 3.77. The van der Waals surface area contributed by atoms with E-state index in [2.05, 4.69) is 15.8 Å². The van der Waals surface area contributed by atoms with Gasteiger partial charge in [-0.3, -0.25) is 5.43 Å². The van der Waals surface area contributed by atoms with E-state index in [0.29, 0.717) is 5.11 Å². The summed E-state index contributed by atoms with van der Waals surface area (Å²) in [5.74, 6) is 0. The highest BCUT2D eigenvalue weighted by molar-refractivity contribution is 7.80. The summed E-state index contributed by atoms with van der Waals surface area (Å²) in [4.78, 5) is 0. The van der Waals surface area contributed by atoms with Gasteiger partial charge in [-0.1, -0.05) is 0 Å². The van der Waals surface area contributed by atoms with Crippen molar-refractivity contribution >= 4 is 23.5 Å². The van der Waals surface area contributed by atoms with Crippen LogP contribution in [0.2, 0.25) is 0 Å². The van der Waals surface area contributed by atoms with Gasteiger partial charge >= 0.3 is 0 Å². The molecule has 0 aromatic heterocycles. The number of rotatable bonds is 2. The van der Waals surface area contributed by atoms with E-state index in [1.807, 2.05) is 27.7 Å². The van der Waals surface area contributed by atoms with Crippen LogP contribution in [0.3, 0.4) is 0 Å². The molecule has 4 N–H and O–H groups in total. The van der Waals surface area contributed by atoms with E-state index in [1.165, 1.54) is 0 Å². The van der Waals surface area contributed by atoms with Gasteiger partial charge in [-0.05, 0) is 39.9 Å². The van der Waals surface area contributed by atoms with E-state index in [4.69, 9.17) is 18.0 Å². The number of hydrogen-bond acceptors (Lipinski definition) is 3. The third kappa shape index (κ3) is 9.23. The largest absolute Gasteiger partial charge is 0.357 e. The minimum atomic E-state index is -0.0649. The zero-order valence-electron chi connectivity index (χ0n) is 8.59. The lowest BCUT2D eigenvalue weighted by molar-refractivity contribution is 0.508. The molecule has 5 heteroatoms. The van der Waals surface area contributed by atoms with Crippen molar-refractivity contribution in [3.05, 3.63) is 0 Å². The molecule has 1 atom stereocenters. The molecule has 0 heterocycles. The third-order valence-corrected chi connectivity index (χ3v) is 1.16. The summed E-state index contributed by atoms with van der Waals surface area (Å²) in [5, 5.41) is 7.41. The first kappa shape index (κ1) is 12.3. The normalized spacial score (nSPS) is 14.2. The first-order chi connectivity index (χ1) is 5.81. The Morgan fingerprint density at radius 1 is 1.54 bits per heavy atom. The quantitative estimate of drug-likeness (QED) is 0.348. The summed E-state index contributed by atoms with van der Waals surface area (Å²) < 4.78 is 0. The van der Waals surface area contributed by atoms with Crippen molar-refractivity contribution in [3.8, 4) is 0 Å². The summed E-state index contributed by atoms with van der Waals surface area (Å²) in [7, 11) is 0. The highest BCUT2D eigenvalue weighted by atomic mass is 32.1. The number of nitrogens with two attached hydrogens (primary N) is 1. The third-order valence-electron chi connectivity index (χ3n) is 0.964. The Hall–Kier alpha value is -0.680. The Morgan fingerprint density at radius 3 is 2.46 bits per heavy atom. The van der Waals surface area contributed by atoms with E-state index in [-0.39, 0.29) is 11.6 Å². The molecule has 0 aliphatic heterocycles. The molecule has 1 unspecified atom stereocenters. The van der Waals surface area contributed by atoms with E-state index < -0.39 is 0 Å². The second-order valence-corrected chi connectivity index (χ2v) is 4.36. The molecular formula is C8H18N4S. The molecule has 0 saturated heterocycles. The molecule has 0 aromatic rings. The molecule has 0 aliphatic carbocycles. The molecule has 0 bridgehead atoms. The average molecular weight is 202 g/mol. The average Bonchev–Trinajstić information content (AvgIpc) is 1.81. The number of hydrazone groups is 1. The molecule has 0 spiro atoms. The highest BCUT2D eigenvalue weighted by Crippen LogP contribution is 1.97. The Labute approximate surface area is 85.0 Å². The van der Waals surface area contributed by atoms with Crippen molar-refractivity contribution in [2.45, 2.75) is 39.3 Å². The fourth-order valence-electron chi connectivity index (χ4n) is 0.582. The maximum absolute atomic E-state index is 5.45. The minimum absolute atomic E-state index is 0.0477. The first-order valence-electron chi connectivity index (χ1n) is 4.18. The van der Waals surface area contributed by atoms with E-state index in [1.54, 1.807) is 6.21 Å². The summed E-state index contributed by atoms with van der Waals surface area (Å²) in [5.41, 5.74) is 8.09. The van der Waals surface area contributed by atoms with Gasteiger partial charge in [0, 0.05) is 17.8 Å². The van der Waals surface area contributed by atoms with Crippen LogP contribution >= 0.6 is 12.2 Å². The van der Waals surface area contributed by atoms with Crippen LogP contribution in [0.15, 0.2) is 5.10 Å². The second kappa shape index (κ2) is 5.14. The van der Waals surface area contributed by atoms with Gasteiger partial charge in [-0.2, -0.15) is 5.10 Å². The standard InChI is InChI=1S/C8H18N4S/c1-6(9)5-10-12-7(13)11-8(2,3)4/h5-6H,9H2,1-4H3,(H2,11,12,13). The Morgan fingerprint density at radius 2 is 2.08 bits per heavy atom. The van der Waals surface area contributed by atoms with Crippen molar-refractivity contribution in [2.24, 2.45) is 10.8 Å². The van der Waals surface area contributed by atoms with E-state index >= 15 is 0 Å². The summed E-state index contributed by atoms with van der Waals surface area (Å²) in [6.07, 6.45) is 1.59. The maximum Gasteiger partial charge on any atom is 0.187 e. The van der Waals surface area contributed by atoms with Gasteiger partial charge in [0.25, 0.3) is 0 Å². The van der Waals surface area contributed by atoms with Crippen molar-refractivity contribution in [2.75, 3.05) is 0 Å². The van der Waals surface area contributed by atoms with Gasteiger partial charge < -0.3 is 11.1 Å². The van der Waals surface area contributed by atoms with Crippen LogP contribution in [0.5, 0.6) is 0 Å². The topological polar surface area (TPSA) is 62.4 Å². The monoisotopic (exact) mass is 202 g/mol. The molecule has 0 aromatic carbocycles. The molecule has 0 rings (SSSR count). The van der Waals surface area contributed by atoms with Crippen LogP contribution in [0.1, 0.15) is 27.7 Å². The first-order valence-corrected chi connectivity index (χ1v) is 4.59. The molecule has 0 amide bonds. The molecule has 0 radical (unpaired) electrons. The summed E-state index contributed by atoms with van der Waals surface area (Å²) >= 11 is 4.98. The molecule has 76 valence electrons. The number of nitrogens with one attached hydrogen (secondary N) is 2. The zero-order chi connectivity index (χ0) is 10.5. The lowest BCUT2D eigenvalue weighted by atomic mass is 10.1. The lowest BCUT2D eigenvalue weighted by Crippen LogP contribution is -2.44. The van der Waals surface area contributed by atoms with Gasteiger partial charge in [0.05, 0.1) is 0 Å². The van der Waals surface area contributed by atoms with Crippen molar-refractivity contribution < 1.29 is 0 Å². The fourth-order valence-corrected chi connectivity index (χ4v) is 0.941. The number of nitrogens with zero attached hydrogens (tertiary/aromatic N) is 1.